The molecule has 0 amide bonds. The number of methoxy groups -OCH3 is 3. The molecule has 0 aliphatic carbocycles. The minimum absolute atomic E-state index is 0.857. The number of benzene rings is 2. The maximum Gasteiger partial charge on any atom is 0.122 e. The molecule has 3 nitrogen and oxygen atoms in total. The van der Waals surface area contributed by atoms with Gasteiger partial charge in [0.1, 0.15) is 17.2 Å². The van der Waals surface area contributed by atoms with E-state index in [9.17, 15) is 0 Å². The van der Waals surface area contributed by atoms with Gasteiger partial charge in [0.05, 0.1) is 21.3 Å². The van der Waals surface area contributed by atoms with Gasteiger partial charge in [0, 0.05) is 0 Å². The fourth-order valence-corrected chi connectivity index (χ4v) is 2.15. The second-order valence-corrected chi connectivity index (χ2v) is 4.53. The van der Waals surface area contributed by atoms with Gasteiger partial charge in [-0.1, -0.05) is 12.1 Å². The standard InChI is InChI=1S/C17H20O3/c1-18-15-8-5-13(6-9-15)4-7-14-12-16(19-2)10-11-17(14)20-3/h5-6,8-12H,4,7H2,1-3H3. The summed E-state index contributed by atoms with van der Waals surface area (Å²) >= 11 is 0. The molecule has 0 bridgehead atoms. The Bertz CT molecular complexity index is 547. The molecule has 0 spiro atoms. The average molecular weight is 272 g/mol. The third kappa shape index (κ3) is 3.44. The number of rotatable bonds is 6. The zero-order valence-corrected chi connectivity index (χ0v) is 12.2. The molecule has 0 aliphatic heterocycles. The van der Waals surface area contributed by atoms with Crippen molar-refractivity contribution < 1.29 is 14.2 Å². The molecule has 0 saturated carbocycles. The van der Waals surface area contributed by atoms with Crippen molar-refractivity contribution in [2.75, 3.05) is 21.3 Å². The van der Waals surface area contributed by atoms with Crippen molar-refractivity contribution in [1.82, 2.24) is 0 Å². The Hall–Kier alpha value is -2.16. The van der Waals surface area contributed by atoms with E-state index in [1.165, 1.54) is 5.56 Å². The molecular weight excluding hydrogens is 252 g/mol. The number of hydrogen-bond donors (Lipinski definition) is 0. The molecule has 0 aliphatic rings. The summed E-state index contributed by atoms with van der Waals surface area (Å²) in [6, 6.07) is 14.0. The van der Waals surface area contributed by atoms with Crippen LogP contribution in [0.5, 0.6) is 17.2 Å². The van der Waals surface area contributed by atoms with Gasteiger partial charge in [0.25, 0.3) is 0 Å². The Morgan fingerprint density at radius 3 is 1.95 bits per heavy atom. The normalized spacial score (nSPS) is 10.2. The molecular formula is C17H20O3. The van der Waals surface area contributed by atoms with Crippen molar-refractivity contribution in [1.29, 1.82) is 0 Å². The highest BCUT2D eigenvalue weighted by Crippen LogP contribution is 2.25. The van der Waals surface area contributed by atoms with Crippen LogP contribution < -0.4 is 14.2 Å². The van der Waals surface area contributed by atoms with Crippen LogP contribution in [0.1, 0.15) is 11.1 Å². The first kappa shape index (κ1) is 14.3. The summed E-state index contributed by atoms with van der Waals surface area (Å²) in [4.78, 5) is 0. The van der Waals surface area contributed by atoms with Crippen LogP contribution in [0.15, 0.2) is 42.5 Å². The summed E-state index contributed by atoms with van der Waals surface area (Å²) in [7, 11) is 5.05. The van der Waals surface area contributed by atoms with Crippen molar-refractivity contribution in [2.45, 2.75) is 12.8 Å². The number of aryl methyl sites for hydroxylation is 2. The Kier molecular flexibility index (Phi) is 4.88. The smallest absolute Gasteiger partial charge is 0.122 e. The van der Waals surface area contributed by atoms with Crippen molar-refractivity contribution in [3.63, 3.8) is 0 Å². The SMILES string of the molecule is COc1ccc(CCc2cc(OC)ccc2OC)cc1. The Morgan fingerprint density at radius 2 is 1.35 bits per heavy atom. The molecule has 0 radical (unpaired) electrons. The minimum Gasteiger partial charge on any atom is -0.497 e. The first-order chi connectivity index (χ1) is 9.76. The van der Waals surface area contributed by atoms with Gasteiger partial charge in [-0.2, -0.15) is 0 Å². The predicted molar refractivity (Wildman–Crippen MR) is 79.9 cm³/mol. The molecule has 0 unspecified atom stereocenters. The van der Waals surface area contributed by atoms with Crippen LogP contribution in [-0.2, 0) is 12.8 Å². The topological polar surface area (TPSA) is 27.7 Å². The van der Waals surface area contributed by atoms with Crippen molar-refractivity contribution in [2.24, 2.45) is 0 Å². The summed E-state index contributed by atoms with van der Waals surface area (Å²) in [5.74, 6) is 2.64. The molecule has 3 heteroatoms. The maximum absolute atomic E-state index is 5.39. The largest absolute Gasteiger partial charge is 0.497 e. The Morgan fingerprint density at radius 1 is 0.700 bits per heavy atom. The highest BCUT2D eigenvalue weighted by molar-refractivity contribution is 5.41. The molecule has 2 aromatic rings. The van der Waals surface area contributed by atoms with Gasteiger partial charge >= 0.3 is 0 Å². The van der Waals surface area contributed by atoms with Crippen LogP contribution in [0.3, 0.4) is 0 Å². The van der Waals surface area contributed by atoms with E-state index in [2.05, 4.69) is 12.1 Å². The lowest BCUT2D eigenvalue weighted by Gasteiger charge is -2.10. The third-order valence-electron chi connectivity index (χ3n) is 3.33. The van der Waals surface area contributed by atoms with Gasteiger partial charge in [-0.05, 0) is 54.3 Å². The lowest BCUT2D eigenvalue weighted by molar-refractivity contribution is 0.398. The van der Waals surface area contributed by atoms with Crippen molar-refractivity contribution in [3.05, 3.63) is 53.6 Å². The highest BCUT2D eigenvalue weighted by Gasteiger charge is 2.05. The van der Waals surface area contributed by atoms with E-state index in [4.69, 9.17) is 14.2 Å². The van der Waals surface area contributed by atoms with E-state index in [0.717, 1.165) is 35.7 Å². The first-order valence-electron chi connectivity index (χ1n) is 6.60. The summed E-state index contributed by atoms with van der Waals surface area (Å²) in [5.41, 5.74) is 2.43. The molecule has 0 saturated heterocycles. The van der Waals surface area contributed by atoms with E-state index in [1.807, 2.05) is 30.3 Å². The van der Waals surface area contributed by atoms with Gasteiger partial charge in [0.2, 0.25) is 0 Å². The van der Waals surface area contributed by atoms with Crippen LogP contribution in [0.25, 0.3) is 0 Å². The predicted octanol–water partition coefficient (Wildman–Crippen LogP) is 3.50. The molecule has 0 heterocycles. The van der Waals surface area contributed by atoms with Gasteiger partial charge < -0.3 is 14.2 Å². The fraction of sp³-hybridized carbons (Fsp3) is 0.294. The molecule has 20 heavy (non-hydrogen) atoms. The van der Waals surface area contributed by atoms with Crippen molar-refractivity contribution >= 4 is 0 Å². The summed E-state index contributed by atoms with van der Waals surface area (Å²) < 4.78 is 15.8. The molecule has 0 fully saturated rings. The molecule has 0 atom stereocenters. The van der Waals surface area contributed by atoms with Crippen LogP contribution >= 0.6 is 0 Å². The molecule has 2 rings (SSSR count). The van der Waals surface area contributed by atoms with Crippen LogP contribution in [0, 0.1) is 0 Å². The highest BCUT2D eigenvalue weighted by atomic mass is 16.5. The second kappa shape index (κ2) is 6.85. The lowest BCUT2D eigenvalue weighted by Crippen LogP contribution is -1.97. The van der Waals surface area contributed by atoms with E-state index in [-0.39, 0.29) is 0 Å². The first-order valence-corrected chi connectivity index (χ1v) is 6.60. The van der Waals surface area contributed by atoms with Gasteiger partial charge in [-0.25, -0.2) is 0 Å². The van der Waals surface area contributed by atoms with E-state index in [0.29, 0.717) is 0 Å². The maximum atomic E-state index is 5.39. The van der Waals surface area contributed by atoms with Crippen molar-refractivity contribution in [3.8, 4) is 17.2 Å². The Labute approximate surface area is 120 Å². The van der Waals surface area contributed by atoms with Gasteiger partial charge in [-0.3, -0.25) is 0 Å². The average Bonchev–Trinajstić information content (AvgIpc) is 2.53. The minimum atomic E-state index is 0.857. The quantitative estimate of drug-likeness (QED) is 0.805. The third-order valence-corrected chi connectivity index (χ3v) is 3.33. The lowest BCUT2D eigenvalue weighted by atomic mass is 10.0. The number of hydrogen-bond acceptors (Lipinski definition) is 3. The van der Waals surface area contributed by atoms with Gasteiger partial charge in [-0.15, -0.1) is 0 Å². The summed E-state index contributed by atoms with van der Waals surface area (Å²) in [5, 5.41) is 0. The zero-order chi connectivity index (χ0) is 14.4. The molecule has 0 aromatic heterocycles. The zero-order valence-electron chi connectivity index (χ0n) is 12.2. The van der Waals surface area contributed by atoms with Gasteiger partial charge in [0.15, 0.2) is 0 Å². The Balaban J connectivity index is 2.08. The molecule has 0 N–H and O–H groups in total. The van der Waals surface area contributed by atoms with E-state index < -0.39 is 0 Å². The van der Waals surface area contributed by atoms with Crippen LogP contribution in [0.4, 0.5) is 0 Å². The number of ether oxygens (including phenoxy) is 3. The summed E-state index contributed by atoms with van der Waals surface area (Å²) in [6.07, 6.45) is 1.86. The molecule has 106 valence electrons. The van der Waals surface area contributed by atoms with E-state index >= 15 is 0 Å². The van der Waals surface area contributed by atoms with Crippen LogP contribution in [-0.4, -0.2) is 21.3 Å². The monoisotopic (exact) mass is 272 g/mol. The van der Waals surface area contributed by atoms with Crippen LogP contribution in [0.2, 0.25) is 0 Å². The molecule has 2 aromatic carbocycles. The van der Waals surface area contributed by atoms with E-state index in [1.54, 1.807) is 21.3 Å². The fourth-order valence-electron chi connectivity index (χ4n) is 2.15. The summed E-state index contributed by atoms with van der Waals surface area (Å²) in [6.45, 7) is 0. The second-order valence-electron chi connectivity index (χ2n) is 4.53.